The number of aliphatic hydroxyl groups excluding tert-OH is 1. The lowest BCUT2D eigenvalue weighted by atomic mass is 10.1. The number of alkyl halides is 1. The van der Waals surface area contributed by atoms with Crippen LogP contribution in [-0.4, -0.2) is 60.9 Å². The summed E-state index contributed by atoms with van der Waals surface area (Å²) in [5, 5.41) is 9.32. The maximum Gasteiger partial charge on any atom is 0.280 e. The summed E-state index contributed by atoms with van der Waals surface area (Å²) >= 11 is 0. The van der Waals surface area contributed by atoms with E-state index in [-0.39, 0.29) is 17.1 Å². The molecule has 0 bridgehead atoms. The quantitative estimate of drug-likeness (QED) is 0.474. The van der Waals surface area contributed by atoms with Crippen LogP contribution in [0.2, 0.25) is 0 Å². The minimum Gasteiger partial charge on any atom is -0.394 e. The van der Waals surface area contributed by atoms with Gasteiger partial charge in [-0.2, -0.15) is 4.98 Å². The number of ether oxygens (including phenoxy) is 2. The van der Waals surface area contributed by atoms with Crippen molar-refractivity contribution in [2.75, 3.05) is 18.7 Å². The van der Waals surface area contributed by atoms with E-state index in [9.17, 15) is 18.9 Å². The first-order valence-electron chi connectivity index (χ1n) is 6.88. The number of nitrogen functional groups attached to an aromatic ring is 1. The van der Waals surface area contributed by atoms with Gasteiger partial charge >= 0.3 is 0 Å². The van der Waals surface area contributed by atoms with Crippen molar-refractivity contribution in [1.82, 2.24) is 19.5 Å². The minimum atomic E-state index is -2.96. The minimum absolute atomic E-state index is 0.0111. The number of hydrogen-bond donors (Lipinski definition) is 4. The van der Waals surface area contributed by atoms with Crippen molar-refractivity contribution in [2.45, 2.75) is 24.6 Å². The third-order valence-electron chi connectivity index (χ3n) is 3.57. The van der Waals surface area contributed by atoms with Crippen molar-refractivity contribution in [3.63, 3.8) is 0 Å². The summed E-state index contributed by atoms with van der Waals surface area (Å²) in [6, 6.07) is 0. The van der Waals surface area contributed by atoms with Crippen LogP contribution < -0.4 is 11.3 Å². The average Bonchev–Trinajstić information content (AvgIpc) is 3.06. The Balaban J connectivity index is 1.95. The first-order valence-corrected chi connectivity index (χ1v) is 8.44. The maximum absolute atomic E-state index is 14.7. The Kier molecular flexibility index (Phi) is 4.65. The van der Waals surface area contributed by atoms with Crippen molar-refractivity contribution in [3.05, 3.63) is 16.7 Å². The van der Waals surface area contributed by atoms with Crippen molar-refractivity contribution in [1.29, 1.82) is 0 Å². The van der Waals surface area contributed by atoms with E-state index in [4.69, 9.17) is 20.1 Å². The van der Waals surface area contributed by atoms with Gasteiger partial charge in [0.15, 0.2) is 23.6 Å². The van der Waals surface area contributed by atoms with Crippen molar-refractivity contribution >= 4 is 25.1 Å². The van der Waals surface area contributed by atoms with Crippen LogP contribution in [0.15, 0.2) is 11.1 Å². The molecule has 0 radical (unpaired) electrons. The van der Waals surface area contributed by atoms with Crippen LogP contribution in [0.1, 0.15) is 6.23 Å². The predicted molar refractivity (Wildman–Crippen MR) is 79.4 cm³/mol. The molecule has 11 nitrogen and oxygen atoms in total. The van der Waals surface area contributed by atoms with Gasteiger partial charge in [0.05, 0.1) is 12.9 Å². The normalized spacial score (nSPS) is 28.5. The van der Waals surface area contributed by atoms with Crippen molar-refractivity contribution in [2.24, 2.45) is 0 Å². The number of anilines is 1. The molecule has 3 heterocycles. The largest absolute Gasteiger partial charge is 0.394 e. The van der Waals surface area contributed by atoms with E-state index < -0.39 is 51.1 Å². The highest BCUT2D eigenvalue weighted by atomic mass is 31.1. The molecule has 3 rings (SSSR count). The molecule has 0 saturated carbocycles. The van der Waals surface area contributed by atoms with Crippen LogP contribution in [0.5, 0.6) is 0 Å². The molecule has 5 atom stereocenters. The molecule has 1 aliphatic heterocycles. The average molecular weight is 363 g/mol. The number of nitrogens with zero attached hydrogens (tertiary/aromatic N) is 3. The fourth-order valence-corrected chi connectivity index (χ4v) is 2.90. The van der Waals surface area contributed by atoms with E-state index in [1.165, 1.54) is 4.57 Å². The van der Waals surface area contributed by atoms with Gasteiger partial charge in [-0.25, -0.2) is 9.37 Å². The van der Waals surface area contributed by atoms with E-state index in [1.54, 1.807) is 0 Å². The lowest BCUT2D eigenvalue weighted by Gasteiger charge is -2.17. The number of rotatable bonds is 5. The highest BCUT2D eigenvalue weighted by Gasteiger charge is 2.47. The predicted octanol–water partition coefficient (Wildman–Crippen LogP) is -1.26. The molecule has 0 aromatic carbocycles. The van der Waals surface area contributed by atoms with E-state index in [0.29, 0.717) is 0 Å². The van der Waals surface area contributed by atoms with Gasteiger partial charge in [-0.3, -0.25) is 18.9 Å². The molecular weight excluding hydrogens is 348 g/mol. The molecule has 1 aliphatic rings. The second kappa shape index (κ2) is 6.57. The van der Waals surface area contributed by atoms with Gasteiger partial charge in [0.1, 0.15) is 18.6 Å². The van der Waals surface area contributed by atoms with Gasteiger partial charge < -0.3 is 25.2 Å². The highest BCUT2D eigenvalue weighted by Crippen LogP contribution is 2.35. The summed E-state index contributed by atoms with van der Waals surface area (Å²) in [5.74, 6) is -0.173. The van der Waals surface area contributed by atoms with E-state index >= 15 is 0 Å². The zero-order valence-electron chi connectivity index (χ0n) is 12.1. The highest BCUT2D eigenvalue weighted by molar-refractivity contribution is 7.37. The number of fused-ring (bicyclic) bond motifs is 1. The number of aliphatic hydroxyl groups is 1. The Morgan fingerprint density at radius 2 is 2.33 bits per heavy atom. The number of hydrogen-bond acceptors (Lipinski definition) is 8. The lowest BCUT2D eigenvalue weighted by Crippen LogP contribution is -2.33. The molecule has 3 unspecified atom stereocenters. The molecular formula is C11H15FN5O6P. The van der Waals surface area contributed by atoms with E-state index in [2.05, 4.69) is 15.0 Å². The van der Waals surface area contributed by atoms with Gasteiger partial charge in [0.25, 0.3) is 5.56 Å². The van der Waals surface area contributed by atoms with E-state index in [0.717, 1.165) is 6.33 Å². The molecule has 2 aromatic heterocycles. The maximum atomic E-state index is 14.7. The van der Waals surface area contributed by atoms with Gasteiger partial charge in [-0.15, -0.1) is 0 Å². The standard InChI is InChI=1S/C11H15FN5O6P/c12-5-7(22-3-24(20)21)4(1-18)23-10(5)17-2-14-6-8(17)15-11(13)16-9(6)19/h2,4-5,7,10,18,24H,1,3H2,(H,20,21)(H3,13,15,16,19)/t4-,5?,7?,10-/m1/s1. The molecule has 1 fully saturated rings. The Morgan fingerprint density at radius 1 is 1.58 bits per heavy atom. The third-order valence-corrected chi connectivity index (χ3v) is 3.98. The lowest BCUT2D eigenvalue weighted by molar-refractivity contribution is -0.0545. The van der Waals surface area contributed by atoms with Crippen molar-refractivity contribution < 1.29 is 28.4 Å². The molecule has 2 aromatic rings. The summed E-state index contributed by atoms with van der Waals surface area (Å²) < 4.78 is 37.1. The molecule has 5 N–H and O–H groups in total. The van der Waals surface area contributed by atoms with Gasteiger partial charge in [0.2, 0.25) is 14.0 Å². The second-order valence-electron chi connectivity index (χ2n) is 5.14. The number of halogens is 1. The topological polar surface area (TPSA) is 166 Å². The molecule has 0 aliphatic carbocycles. The number of nitrogens with two attached hydrogens (primary N) is 1. The first-order chi connectivity index (χ1) is 11.4. The fraction of sp³-hybridized carbons (Fsp3) is 0.545. The van der Waals surface area contributed by atoms with Crippen LogP contribution in [0.3, 0.4) is 0 Å². The van der Waals surface area contributed by atoms with E-state index in [1.807, 2.05) is 0 Å². The SMILES string of the molecule is Nc1nc2c(ncn2[C@@H]2O[C@H](CO)C(OC[PH](=O)O)C2F)c(=O)[nH]1. The van der Waals surface area contributed by atoms with Gasteiger partial charge in [0, 0.05) is 0 Å². The summed E-state index contributed by atoms with van der Waals surface area (Å²) in [6.45, 7) is -0.559. The zero-order valence-corrected chi connectivity index (χ0v) is 13.1. The molecule has 0 spiro atoms. The number of aromatic amines is 1. The fourth-order valence-electron chi connectivity index (χ4n) is 2.56. The summed E-state index contributed by atoms with van der Waals surface area (Å²) in [4.78, 5) is 30.6. The van der Waals surface area contributed by atoms with Gasteiger partial charge in [-0.05, 0) is 0 Å². The van der Waals surface area contributed by atoms with Crippen LogP contribution in [0.25, 0.3) is 11.2 Å². The van der Waals surface area contributed by atoms with Gasteiger partial charge in [-0.1, -0.05) is 0 Å². The molecule has 0 amide bonds. The van der Waals surface area contributed by atoms with Crippen LogP contribution in [0.4, 0.5) is 10.3 Å². The Labute approximate surface area is 134 Å². The second-order valence-corrected chi connectivity index (χ2v) is 6.21. The Morgan fingerprint density at radius 3 is 3.00 bits per heavy atom. The molecule has 24 heavy (non-hydrogen) atoms. The first kappa shape index (κ1) is 17.0. The van der Waals surface area contributed by atoms with Crippen LogP contribution in [0, 0.1) is 0 Å². The van der Waals surface area contributed by atoms with Crippen molar-refractivity contribution in [3.8, 4) is 0 Å². The smallest absolute Gasteiger partial charge is 0.280 e. The summed E-state index contributed by atoms with van der Waals surface area (Å²) in [7, 11) is -2.96. The number of nitrogens with one attached hydrogen (secondary N) is 1. The third kappa shape index (κ3) is 2.94. The van der Waals surface area contributed by atoms with Crippen LogP contribution >= 0.6 is 8.03 Å². The molecule has 13 heteroatoms. The monoisotopic (exact) mass is 363 g/mol. The number of H-pyrrole nitrogens is 1. The zero-order chi connectivity index (χ0) is 17.4. The van der Waals surface area contributed by atoms with Crippen LogP contribution in [-0.2, 0) is 14.0 Å². The molecule has 132 valence electrons. The summed E-state index contributed by atoms with van der Waals surface area (Å²) in [6.07, 6.45) is -4.77. The number of aromatic nitrogens is 4. The Bertz CT molecular complexity index is 827. The summed E-state index contributed by atoms with van der Waals surface area (Å²) in [5.41, 5.74) is 4.85. The molecule has 1 saturated heterocycles. The Hall–Kier alpha value is -1.85. The number of imidazole rings is 1.